The number of amides is 2. The number of furan rings is 1. The highest BCUT2D eigenvalue weighted by atomic mass is 16.6. The van der Waals surface area contributed by atoms with Crippen LogP contribution in [0, 0.1) is 6.92 Å². The monoisotopic (exact) mass is 588 g/mol. The van der Waals surface area contributed by atoms with Gasteiger partial charge in [0.1, 0.15) is 24.2 Å². The predicted octanol–water partition coefficient (Wildman–Crippen LogP) is 5.24. The molecule has 10 nitrogen and oxygen atoms in total. The maximum atomic E-state index is 13.8. The average molecular weight is 589 g/mol. The van der Waals surface area contributed by atoms with Crippen LogP contribution in [-0.4, -0.2) is 72.2 Å². The molecule has 2 aromatic carbocycles. The summed E-state index contributed by atoms with van der Waals surface area (Å²) < 4.78 is 23.1. The molecule has 0 N–H and O–H groups in total. The molecule has 1 saturated heterocycles. The van der Waals surface area contributed by atoms with Crippen LogP contribution in [0.1, 0.15) is 72.7 Å². The van der Waals surface area contributed by atoms with Crippen LogP contribution in [0.2, 0.25) is 0 Å². The fraction of sp³-hybridized carbons (Fsp3) is 0.394. The van der Waals surface area contributed by atoms with Crippen molar-refractivity contribution in [2.75, 3.05) is 26.2 Å². The molecule has 1 aliphatic heterocycles. The number of aryl methyl sites for hydroxylation is 1. The van der Waals surface area contributed by atoms with Crippen LogP contribution in [0.5, 0.6) is 0 Å². The fourth-order valence-electron chi connectivity index (χ4n) is 6.17. The van der Waals surface area contributed by atoms with Gasteiger partial charge in [-0.15, -0.1) is 0 Å². The van der Waals surface area contributed by atoms with Gasteiger partial charge in [0.25, 0.3) is 5.91 Å². The van der Waals surface area contributed by atoms with Crippen LogP contribution in [0.3, 0.4) is 0 Å². The van der Waals surface area contributed by atoms with Gasteiger partial charge in [0.15, 0.2) is 12.2 Å². The van der Waals surface area contributed by atoms with Crippen molar-refractivity contribution in [3.05, 3.63) is 82.8 Å². The summed E-state index contributed by atoms with van der Waals surface area (Å²) in [7, 11) is 0. The van der Waals surface area contributed by atoms with E-state index in [1.165, 1.54) is 18.7 Å². The quantitative estimate of drug-likeness (QED) is 0.259. The van der Waals surface area contributed by atoms with Crippen LogP contribution in [-0.2, 0) is 23.8 Å². The van der Waals surface area contributed by atoms with E-state index < -0.39 is 36.3 Å². The molecule has 2 aliphatic rings. The Labute approximate surface area is 250 Å². The molecule has 0 unspecified atom stereocenters. The fourth-order valence-corrected chi connectivity index (χ4v) is 6.17. The van der Waals surface area contributed by atoms with E-state index in [1.807, 2.05) is 50.2 Å². The third-order valence-corrected chi connectivity index (χ3v) is 8.09. The van der Waals surface area contributed by atoms with Crippen molar-refractivity contribution >= 4 is 23.9 Å². The van der Waals surface area contributed by atoms with E-state index in [9.17, 15) is 19.2 Å². The van der Waals surface area contributed by atoms with Gasteiger partial charge < -0.3 is 23.5 Å². The second kappa shape index (κ2) is 12.3. The zero-order chi connectivity index (χ0) is 30.8. The molecule has 1 fully saturated rings. The van der Waals surface area contributed by atoms with Gasteiger partial charge in [-0.25, -0.2) is 4.79 Å². The topological polar surface area (TPSA) is 116 Å². The lowest BCUT2D eigenvalue weighted by Gasteiger charge is -2.26. The number of carbonyl (C=O) groups is 4. The number of carbonyl (C=O) groups excluding carboxylic acids is 4. The van der Waals surface area contributed by atoms with E-state index in [4.69, 9.17) is 18.6 Å². The summed E-state index contributed by atoms with van der Waals surface area (Å²) >= 11 is 0. The number of benzene rings is 2. The lowest BCUT2D eigenvalue weighted by atomic mass is 9.98. The molecule has 43 heavy (non-hydrogen) atoms. The van der Waals surface area contributed by atoms with Gasteiger partial charge in [0.2, 0.25) is 0 Å². The largest absolute Gasteiger partial charge is 0.463 e. The van der Waals surface area contributed by atoms with E-state index in [0.717, 1.165) is 22.3 Å². The normalized spacial score (nSPS) is 19.0. The van der Waals surface area contributed by atoms with E-state index in [2.05, 4.69) is 12.1 Å². The molecular formula is C33H36N2O8. The molecular weight excluding hydrogens is 552 g/mol. The average Bonchev–Trinajstić information content (AvgIpc) is 3.63. The second-order valence-electron chi connectivity index (χ2n) is 10.7. The molecule has 5 rings (SSSR count). The molecule has 3 aromatic rings. The summed E-state index contributed by atoms with van der Waals surface area (Å²) in [5.74, 6) is -1.02. The molecule has 0 saturated carbocycles. The molecule has 0 radical (unpaired) electrons. The zero-order valence-corrected chi connectivity index (χ0v) is 25.0. The van der Waals surface area contributed by atoms with Crippen LogP contribution in [0.15, 0.2) is 59.0 Å². The van der Waals surface area contributed by atoms with Gasteiger partial charge in [-0.1, -0.05) is 48.5 Å². The van der Waals surface area contributed by atoms with E-state index >= 15 is 0 Å². The van der Waals surface area contributed by atoms with E-state index in [-0.39, 0.29) is 30.7 Å². The summed E-state index contributed by atoms with van der Waals surface area (Å²) in [6, 6.07) is 16.6. The Morgan fingerprint density at radius 3 is 2.05 bits per heavy atom. The summed E-state index contributed by atoms with van der Waals surface area (Å²) in [6.07, 6.45) is -2.74. The van der Waals surface area contributed by atoms with Gasteiger partial charge >= 0.3 is 18.0 Å². The minimum Gasteiger partial charge on any atom is -0.463 e. The van der Waals surface area contributed by atoms with Crippen molar-refractivity contribution in [3.8, 4) is 11.1 Å². The molecule has 2 heterocycles. The molecule has 226 valence electrons. The van der Waals surface area contributed by atoms with Crippen LogP contribution in [0.4, 0.5) is 4.79 Å². The van der Waals surface area contributed by atoms with E-state index in [0.29, 0.717) is 24.4 Å². The van der Waals surface area contributed by atoms with Crippen molar-refractivity contribution in [1.29, 1.82) is 0 Å². The molecule has 1 aromatic heterocycles. The van der Waals surface area contributed by atoms with Gasteiger partial charge in [0, 0.05) is 32.9 Å². The number of hydrogen-bond donors (Lipinski definition) is 0. The highest BCUT2D eigenvalue weighted by molar-refractivity contribution is 5.95. The lowest BCUT2D eigenvalue weighted by Crippen LogP contribution is -2.36. The van der Waals surface area contributed by atoms with Crippen molar-refractivity contribution in [2.45, 2.75) is 58.8 Å². The van der Waals surface area contributed by atoms with Gasteiger partial charge in [-0.05, 0) is 49.1 Å². The summed E-state index contributed by atoms with van der Waals surface area (Å²) in [5.41, 5.74) is 4.65. The molecule has 2 amide bonds. The van der Waals surface area contributed by atoms with Crippen LogP contribution >= 0.6 is 0 Å². The third-order valence-electron chi connectivity index (χ3n) is 8.09. The minimum absolute atomic E-state index is 0.0649. The van der Waals surface area contributed by atoms with Crippen LogP contribution < -0.4 is 0 Å². The number of rotatable bonds is 8. The SMILES string of the molecule is CCN(CC)C(=O)c1cc([C@H]2[C@H](OC(C)=O)[C@H](OC(C)=O)CN2C(=O)OCC2c3ccccc3-c3ccccc32)oc1C. The molecule has 10 heteroatoms. The van der Waals surface area contributed by atoms with Gasteiger partial charge in [-0.3, -0.25) is 19.3 Å². The molecule has 3 atom stereocenters. The van der Waals surface area contributed by atoms with Gasteiger partial charge in [0.05, 0.1) is 12.1 Å². The minimum atomic E-state index is -1.08. The first kappa shape index (κ1) is 29.9. The van der Waals surface area contributed by atoms with Crippen molar-refractivity contribution < 1.29 is 37.8 Å². The standard InChI is InChI=1S/C33H36N2O8/c1-6-34(7-2)32(38)26-16-28(41-19(26)3)30-31(43-21(5)37)29(42-20(4)36)17-35(30)33(39)40-18-27-24-14-10-8-12-22(24)23-13-9-11-15-25(23)27/h8-16,27,29-31H,6-7,17-18H2,1-5H3/t29-,30+,31-/m1/s1. The highest BCUT2D eigenvalue weighted by Gasteiger charge is 2.51. The summed E-state index contributed by atoms with van der Waals surface area (Å²) in [4.78, 5) is 54.2. The number of likely N-dealkylation sites (tertiary alicyclic amines) is 1. The maximum absolute atomic E-state index is 13.8. The predicted molar refractivity (Wildman–Crippen MR) is 156 cm³/mol. The number of ether oxygens (including phenoxy) is 3. The second-order valence-corrected chi connectivity index (χ2v) is 10.7. The molecule has 1 aliphatic carbocycles. The Balaban J connectivity index is 1.47. The van der Waals surface area contributed by atoms with Crippen LogP contribution in [0.25, 0.3) is 11.1 Å². The Bertz CT molecular complexity index is 1500. The molecule has 0 bridgehead atoms. The number of fused-ring (bicyclic) bond motifs is 3. The van der Waals surface area contributed by atoms with Crippen molar-refractivity contribution in [2.24, 2.45) is 0 Å². The third kappa shape index (κ3) is 5.74. The van der Waals surface area contributed by atoms with Crippen molar-refractivity contribution in [3.63, 3.8) is 0 Å². The summed E-state index contributed by atoms with van der Waals surface area (Å²) in [6.45, 7) is 8.89. The first-order chi connectivity index (χ1) is 20.6. The highest BCUT2D eigenvalue weighted by Crippen LogP contribution is 2.45. The first-order valence-electron chi connectivity index (χ1n) is 14.5. The van der Waals surface area contributed by atoms with Crippen molar-refractivity contribution in [1.82, 2.24) is 9.80 Å². The zero-order valence-electron chi connectivity index (χ0n) is 25.0. The number of nitrogens with zero attached hydrogens (tertiary/aromatic N) is 2. The Morgan fingerprint density at radius 1 is 0.907 bits per heavy atom. The smallest absolute Gasteiger partial charge is 0.410 e. The Kier molecular flexibility index (Phi) is 8.57. The van der Waals surface area contributed by atoms with E-state index in [1.54, 1.807) is 17.9 Å². The Hall–Kier alpha value is -4.60. The Morgan fingerprint density at radius 2 is 1.49 bits per heavy atom. The molecule has 0 spiro atoms. The van der Waals surface area contributed by atoms with Gasteiger partial charge in [-0.2, -0.15) is 0 Å². The number of hydrogen-bond acceptors (Lipinski definition) is 8. The lowest BCUT2D eigenvalue weighted by molar-refractivity contribution is -0.163. The summed E-state index contributed by atoms with van der Waals surface area (Å²) in [5, 5.41) is 0. The number of esters is 2. The maximum Gasteiger partial charge on any atom is 0.410 e. The first-order valence-corrected chi connectivity index (χ1v) is 14.5.